The quantitative estimate of drug-likeness (QED) is 0.230. The molecule has 1 rings (SSSR count). The van der Waals surface area contributed by atoms with Gasteiger partial charge in [-0.1, -0.05) is 0 Å². The molecule has 1 aliphatic heterocycles. The lowest BCUT2D eigenvalue weighted by atomic mass is 10.6. The Hall–Kier alpha value is -1.09. The van der Waals surface area contributed by atoms with Crippen molar-refractivity contribution in [2.75, 3.05) is 0 Å². The lowest BCUT2D eigenvalue weighted by molar-refractivity contribution is -0.865. The molecule has 0 saturated heterocycles. The third-order valence-corrected chi connectivity index (χ3v) is 2.33. The fourth-order valence-corrected chi connectivity index (χ4v) is 1.26. The van der Waals surface area contributed by atoms with Gasteiger partial charge in [0.25, 0.3) is 0 Å². The highest BCUT2D eigenvalue weighted by molar-refractivity contribution is 7.80. The molecule has 2 N–H and O–H groups in total. The Morgan fingerprint density at radius 2 is 1.50 bits per heavy atom. The number of hydroxylamine groups is 2. The summed E-state index contributed by atoms with van der Waals surface area (Å²) in [5, 5.41) is 8.90. The van der Waals surface area contributed by atoms with Gasteiger partial charge in [-0.3, -0.25) is 0 Å². The van der Waals surface area contributed by atoms with E-state index in [-0.39, 0.29) is 0 Å². The number of amides is 2. The molecule has 7 nitrogen and oxygen atoms in total. The van der Waals surface area contributed by atoms with Crippen LogP contribution in [0.5, 0.6) is 0 Å². The van der Waals surface area contributed by atoms with Crippen LogP contribution in [0, 0.1) is 0 Å². The van der Waals surface area contributed by atoms with Crippen molar-refractivity contribution >= 4 is 22.1 Å². The van der Waals surface area contributed by atoms with Crippen molar-refractivity contribution in [3.8, 4) is 0 Å². The van der Waals surface area contributed by atoms with Crippen molar-refractivity contribution < 1.29 is 31.8 Å². The van der Waals surface area contributed by atoms with E-state index in [1.54, 1.807) is 0 Å². The molecule has 0 aromatic carbocycles. The zero-order valence-corrected chi connectivity index (χ0v) is 6.35. The third-order valence-electron chi connectivity index (χ3n) is 1.30. The van der Waals surface area contributed by atoms with Gasteiger partial charge in [0.05, 0.1) is 16.2 Å². The summed E-state index contributed by atoms with van der Waals surface area (Å²) < 4.78 is 26.5. The summed E-state index contributed by atoms with van der Waals surface area (Å²) in [6.45, 7) is 0. The van der Waals surface area contributed by atoms with Crippen molar-refractivity contribution in [2.45, 2.75) is 0 Å². The van der Waals surface area contributed by atoms with E-state index < -0.39 is 26.2 Å². The summed E-state index contributed by atoms with van der Waals surface area (Å²) in [7, 11) is -5.17. The van der Waals surface area contributed by atoms with Crippen LogP contribution in [-0.4, -0.2) is 34.0 Å². The zero-order chi connectivity index (χ0) is 9.57. The third kappa shape index (κ3) is 0.898. The van der Waals surface area contributed by atoms with Gasteiger partial charge in [0, 0.05) is 0 Å². The van der Waals surface area contributed by atoms with Gasteiger partial charge >= 0.3 is 22.1 Å². The molecule has 0 atom stereocenters. The normalized spacial score (nSPS) is 21.8. The molecule has 0 unspecified atom stereocenters. The predicted octanol–water partition coefficient (Wildman–Crippen LogP) is -1.38. The van der Waals surface area contributed by atoms with Crippen LogP contribution in [0.2, 0.25) is 0 Å². The molecule has 0 bridgehead atoms. The highest BCUT2D eigenvalue weighted by Crippen LogP contribution is 2.17. The first-order chi connectivity index (χ1) is 5.30. The molecule has 0 aliphatic carbocycles. The van der Waals surface area contributed by atoms with E-state index in [9.17, 15) is 18.0 Å². The van der Waals surface area contributed by atoms with Crippen LogP contribution in [0.3, 0.4) is 0 Å². The second kappa shape index (κ2) is 2.20. The molecule has 1 aliphatic rings. The minimum atomic E-state index is -5.17. The number of rotatable bonds is 1. The van der Waals surface area contributed by atoms with Crippen molar-refractivity contribution in [3.63, 3.8) is 0 Å². The van der Waals surface area contributed by atoms with Crippen LogP contribution in [-0.2, 0) is 19.9 Å². The van der Waals surface area contributed by atoms with Gasteiger partial charge in [0.15, 0.2) is 0 Å². The summed E-state index contributed by atoms with van der Waals surface area (Å²) in [6, 6.07) is 0. The average Bonchev–Trinajstić information content (AvgIpc) is 2.16. The summed E-state index contributed by atoms with van der Waals surface area (Å²) in [5.74, 6) is -2.83. The molecule has 0 fully saturated rings. The maximum atomic E-state index is 10.6. The van der Waals surface area contributed by atoms with Crippen LogP contribution in [0.4, 0.5) is 0 Å². The van der Waals surface area contributed by atoms with E-state index >= 15 is 0 Å². The highest BCUT2D eigenvalue weighted by atomic mass is 32.2. The van der Waals surface area contributed by atoms with Gasteiger partial charge in [-0.25, -0.2) is 14.1 Å². The first-order valence-corrected chi connectivity index (χ1v) is 4.06. The maximum Gasteiger partial charge on any atom is 0.480 e. The smallest absolute Gasteiger partial charge is 0.238 e. The molecular formula is C4H4NO6S+. The van der Waals surface area contributed by atoms with Gasteiger partial charge in [0.1, 0.15) is 0 Å². The second-order valence-corrected chi connectivity index (χ2v) is 3.46. The molecule has 0 saturated carbocycles. The number of hydrogen-bond donors (Lipinski definition) is 2. The summed E-state index contributed by atoms with van der Waals surface area (Å²) in [6.07, 6.45) is 1.13. The van der Waals surface area contributed by atoms with Crippen LogP contribution in [0.25, 0.3) is 0 Å². The minimum Gasteiger partial charge on any atom is -0.238 e. The first-order valence-electron chi connectivity index (χ1n) is 2.66. The van der Waals surface area contributed by atoms with E-state index in [4.69, 9.17) is 9.76 Å². The molecule has 0 aromatic rings. The second-order valence-electron chi connectivity index (χ2n) is 2.03. The van der Waals surface area contributed by atoms with Gasteiger partial charge in [0.2, 0.25) is 0 Å². The Morgan fingerprint density at radius 1 is 1.17 bits per heavy atom. The number of hydrogen-bond acceptors (Lipinski definition) is 5. The molecular weight excluding hydrogens is 190 g/mol. The molecule has 1 heterocycles. The maximum absolute atomic E-state index is 10.6. The van der Waals surface area contributed by atoms with E-state index in [0.29, 0.717) is 12.2 Å². The molecule has 0 spiro atoms. The Balaban J connectivity index is 3.36. The number of quaternary nitrogens is 1. The Labute approximate surface area is 66.9 Å². The standard InChI is InChI=1S/C4H3NO6S/c6-3-1-2-4(7)5(3,8)12(9,10)11/h1-2,8H/p+1. The number of nitrogens with zero attached hydrogens (tertiary/aromatic N) is 1. The Kier molecular flexibility index (Phi) is 1.65. The fourth-order valence-electron chi connectivity index (χ4n) is 0.681. The molecule has 0 radical (unpaired) electrons. The summed E-state index contributed by atoms with van der Waals surface area (Å²) >= 11 is 0. The van der Waals surface area contributed by atoms with E-state index in [1.807, 2.05) is 0 Å². The fraction of sp³-hybridized carbons (Fsp3) is 0. The van der Waals surface area contributed by atoms with E-state index in [0.717, 1.165) is 0 Å². The lowest BCUT2D eigenvalue weighted by Crippen LogP contribution is -2.54. The topological polar surface area (TPSA) is 109 Å². The molecule has 0 aromatic heterocycles. The number of carbonyl (C=O) groups excluding carboxylic acids is 2. The van der Waals surface area contributed by atoms with Crippen LogP contribution < -0.4 is 0 Å². The zero-order valence-electron chi connectivity index (χ0n) is 5.54. The largest absolute Gasteiger partial charge is 0.480 e. The molecule has 2 amide bonds. The van der Waals surface area contributed by atoms with Gasteiger partial charge in [-0.2, -0.15) is 5.21 Å². The Bertz CT molecular complexity index is 360. The van der Waals surface area contributed by atoms with E-state index in [2.05, 4.69) is 0 Å². The summed E-state index contributed by atoms with van der Waals surface area (Å²) in [4.78, 5) is 21.3. The number of carbonyl (C=O) groups is 2. The molecule has 8 heteroatoms. The Morgan fingerprint density at radius 3 is 1.67 bits per heavy atom. The SMILES string of the molecule is O=C1C=CC(=O)[N+]1(O)S(=O)(=O)O. The highest BCUT2D eigenvalue weighted by Gasteiger charge is 2.57. The van der Waals surface area contributed by atoms with Crippen molar-refractivity contribution in [1.29, 1.82) is 0 Å². The van der Waals surface area contributed by atoms with Crippen LogP contribution in [0.15, 0.2) is 12.2 Å². The van der Waals surface area contributed by atoms with Gasteiger partial charge in [-0.15, -0.1) is 8.42 Å². The van der Waals surface area contributed by atoms with Gasteiger partial charge < -0.3 is 0 Å². The van der Waals surface area contributed by atoms with Crippen LogP contribution in [0.1, 0.15) is 0 Å². The van der Waals surface area contributed by atoms with E-state index in [1.165, 1.54) is 0 Å². The molecule has 66 valence electrons. The average molecular weight is 194 g/mol. The van der Waals surface area contributed by atoms with Crippen LogP contribution >= 0.6 is 0 Å². The summed E-state index contributed by atoms with van der Waals surface area (Å²) in [5.41, 5.74) is 0. The molecule has 12 heavy (non-hydrogen) atoms. The minimum absolute atomic E-state index is 0.566. The van der Waals surface area contributed by atoms with Gasteiger partial charge in [-0.05, 0) is 0 Å². The monoisotopic (exact) mass is 194 g/mol. The first kappa shape index (κ1) is 9.00. The van der Waals surface area contributed by atoms with Crippen molar-refractivity contribution in [3.05, 3.63) is 12.2 Å². The van der Waals surface area contributed by atoms with Crippen molar-refractivity contribution in [1.82, 2.24) is 0 Å². The number of imide groups is 1. The predicted molar refractivity (Wildman–Crippen MR) is 32.7 cm³/mol. The van der Waals surface area contributed by atoms with Crippen molar-refractivity contribution in [2.24, 2.45) is 0 Å². The lowest BCUT2D eigenvalue weighted by Gasteiger charge is -2.12.